The highest BCUT2D eigenvalue weighted by Gasteiger charge is 2.36. The topological polar surface area (TPSA) is 109 Å². The van der Waals surface area contributed by atoms with Crippen molar-refractivity contribution in [2.75, 3.05) is 10.6 Å². The molecule has 0 fully saturated rings. The number of aromatic nitrogens is 3. The van der Waals surface area contributed by atoms with Crippen LogP contribution in [0.5, 0.6) is 5.75 Å². The van der Waals surface area contributed by atoms with Crippen molar-refractivity contribution in [3.8, 4) is 5.75 Å². The van der Waals surface area contributed by atoms with E-state index in [2.05, 4.69) is 30.3 Å². The van der Waals surface area contributed by atoms with Gasteiger partial charge in [0.2, 0.25) is 0 Å². The van der Waals surface area contributed by atoms with Crippen LogP contribution < -0.4 is 15.4 Å². The van der Waals surface area contributed by atoms with Gasteiger partial charge in [0.15, 0.2) is 0 Å². The van der Waals surface area contributed by atoms with Crippen molar-refractivity contribution in [3.05, 3.63) is 108 Å². The van der Waals surface area contributed by atoms with Crippen molar-refractivity contribution < 1.29 is 27.8 Å². The molecule has 0 saturated heterocycles. The number of ether oxygens (including phenoxy) is 1. The number of aliphatic hydroxyl groups is 1. The van der Waals surface area contributed by atoms with Crippen molar-refractivity contribution >= 4 is 29.0 Å². The van der Waals surface area contributed by atoms with E-state index >= 15 is 0 Å². The fraction of sp³-hybridized carbons (Fsp3) is 0.185. The van der Waals surface area contributed by atoms with E-state index in [0.717, 1.165) is 5.69 Å². The van der Waals surface area contributed by atoms with Crippen LogP contribution in [-0.4, -0.2) is 32.5 Å². The van der Waals surface area contributed by atoms with Gasteiger partial charge in [-0.25, -0.2) is 19.7 Å². The molecular weight excluding hydrogens is 535 g/mol. The third-order valence-electron chi connectivity index (χ3n) is 5.38. The molecular formula is C27H25ClF3N5O3. The van der Waals surface area contributed by atoms with Gasteiger partial charge in [0, 0.05) is 35.5 Å². The van der Waals surface area contributed by atoms with Crippen LogP contribution in [-0.2, 0) is 5.60 Å². The highest BCUT2D eigenvalue weighted by Crippen LogP contribution is 2.37. The smallest absolute Gasteiger partial charge is 0.406 e. The predicted molar refractivity (Wildman–Crippen MR) is 141 cm³/mol. The minimum absolute atomic E-state index is 0.243. The number of amides is 2. The number of anilines is 2. The standard InChI is InChI=1S/C15H15F3N2O2.C12H10ClN3O/c1-10(2)14(21,12-7-19-9-20-8-12)11-3-5-13(6-4-11)22-15(16,17)18;13-11-8-10(6-7-14-11)16-12(17)15-9-4-2-1-3-5-9/h3-10,21H,1-2H3;1-8H,(H2,14,15,16,17). The summed E-state index contributed by atoms with van der Waals surface area (Å²) in [6, 6.07) is 17.2. The van der Waals surface area contributed by atoms with Crippen LogP contribution in [0.4, 0.5) is 29.3 Å². The van der Waals surface area contributed by atoms with E-state index in [1.807, 2.05) is 18.2 Å². The van der Waals surface area contributed by atoms with Gasteiger partial charge in [-0.3, -0.25) is 0 Å². The highest BCUT2D eigenvalue weighted by atomic mass is 35.5. The molecule has 12 heteroatoms. The zero-order valence-corrected chi connectivity index (χ0v) is 21.6. The van der Waals surface area contributed by atoms with E-state index in [4.69, 9.17) is 11.6 Å². The molecule has 0 aliphatic carbocycles. The van der Waals surface area contributed by atoms with Crippen molar-refractivity contribution in [1.82, 2.24) is 15.0 Å². The lowest BCUT2D eigenvalue weighted by atomic mass is 9.79. The average molecular weight is 560 g/mol. The van der Waals surface area contributed by atoms with E-state index in [-0.39, 0.29) is 17.7 Å². The second-order valence-corrected chi connectivity index (χ2v) is 8.82. The van der Waals surface area contributed by atoms with Gasteiger partial charge in [-0.05, 0) is 47.9 Å². The van der Waals surface area contributed by atoms with Gasteiger partial charge in [0.05, 0.1) is 0 Å². The Kier molecular flexibility index (Phi) is 9.80. The Hall–Kier alpha value is -4.22. The molecule has 204 valence electrons. The third kappa shape index (κ3) is 8.66. The monoisotopic (exact) mass is 559 g/mol. The maximum Gasteiger partial charge on any atom is 0.573 e. The lowest BCUT2D eigenvalue weighted by Crippen LogP contribution is -2.33. The maximum atomic E-state index is 12.2. The second kappa shape index (κ2) is 13.0. The number of benzene rings is 2. The summed E-state index contributed by atoms with van der Waals surface area (Å²) < 4.78 is 40.4. The predicted octanol–water partition coefficient (Wildman–Crippen LogP) is 6.65. The molecule has 2 heterocycles. The Labute approximate surface area is 227 Å². The molecule has 0 bridgehead atoms. The summed E-state index contributed by atoms with van der Waals surface area (Å²) in [5, 5.41) is 16.7. The summed E-state index contributed by atoms with van der Waals surface area (Å²) in [6.45, 7) is 3.60. The Balaban J connectivity index is 0.000000223. The van der Waals surface area contributed by atoms with Crippen LogP contribution in [0.2, 0.25) is 5.15 Å². The van der Waals surface area contributed by atoms with Gasteiger partial charge in [-0.15, -0.1) is 13.2 Å². The summed E-state index contributed by atoms with van der Waals surface area (Å²) in [5.41, 5.74) is 0.822. The summed E-state index contributed by atoms with van der Waals surface area (Å²) in [7, 11) is 0. The lowest BCUT2D eigenvalue weighted by Gasteiger charge is -2.32. The minimum atomic E-state index is -4.75. The minimum Gasteiger partial charge on any atom is -0.406 e. The molecule has 0 saturated carbocycles. The van der Waals surface area contributed by atoms with E-state index in [0.29, 0.717) is 22.0 Å². The number of nitrogens with one attached hydrogen (secondary N) is 2. The normalized spacial score (nSPS) is 12.5. The maximum absolute atomic E-state index is 12.2. The summed E-state index contributed by atoms with van der Waals surface area (Å²) in [6.07, 6.45) is 1.08. The summed E-state index contributed by atoms with van der Waals surface area (Å²) in [5.74, 6) is -0.584. The molecule has 2 amide bonds. The van der Waals surface area contributed by atoms with Crippen LogP contribution in [0, 0.1) is 5.92 Å². The molecule has 0 aliphatic heterocycles. The van der Waals surface area contributed by atoms with Gasteiger partial charge >= 0.3 is 12.4 Å². The molecule has 0 spiro atoms. The van der Waals surface area contributed by atoms with Crippen molar-refractivity contribution in [2.45, 2.75) is 25.8 Å². The number of carbonyl (C=O) groups is 1. The number of rotatable bonds is 6. The summed E-state index contributed by atoms with van der Waals surface area (Å²) in [4.78, 5) is 23.2. The third-order valence-corrected chi connectivity index (χ3v) is 5.59. The number of pyridine rings is 1. The number of nitrogens with zero attached hydrogens (tertiary/aromatic N) is 3. The van der Waals surface area contributed by atoms with Gasteiger partial charge < -0.3 is 20.5 Å². The van der Waals surface area contributed by atoms with Crippen molar-refractivity contribution in [3.63, 3.8) is 0 Å². The quantitative estimate of drug-likeness (QED) is 0.228. The Morgan fingerprint density at radius 1 is 0.923 bits per heavy atom. The largest absolute Gasteiger partial charge is 0.573 e. The fourth-order valence-electron chi connectivity index (χ4n) is 3.54. The number of alkyl halides is 3. The molecule has 4 aromatic rings. The molecule has 39 heavy (non-hydrogen) atoms. The van der Waals surface area contributed by atoms with Gasteiger partial charge in [-0.1, -0.05) is 55.8 Å². The van der Waals surface area contributed by atoms with Crippen LogP contribution in [0.3, 0.4) is 0 Å². The van der Waals surface area contributed by atoms with E-state index in [1.54, 1.807) is 38.1 Å². The number of urea groups is 1. The molecule has 8 nitrogen and oxygen atoms in total. The number of hydrogen-bond donors (Lipinski definition) is 3. The first-order valence-corrected chi connectivity index (χ1v) is 11.9. The first-order chi connectivity index (χ1) is 18.5. The summed E-state index contributed by atoms with van der Waals surface area (Å²) >= 11 is 5.71. The first kappa shape index (κ1) is 29.3. The fourth-order valence-corrected chi connectivity index (χ4v) is 3.71. The molecule has 0 radical (unpaired) electrons. The molecule has 4 rings (SSSR count). The Morgan fingerprint density at radius 3 is 2.10 bits per heavy atom. The number of para-hydroxylation sites is 1. The van der Waals surface area contributed by atoms with E-state index < -0.39 is 12.0 Å². The van der Waals surface area contributed by atoms with Crippen LogP contribution in [0.1, 0.15) is 25.0 Å². The van der Waals surface area contributed by atoms with E-state index in [1.165, 1.54) is 49.2 Å². The van der Waals surface area contributed by atoms with Crippen molar-refractivity contribution in [1.29, 1.82) is 0 Å². The SMILES string of the molecule is CC(C)C(O)(c1ccc(OC(F)(F)F)cc1)c1cncnc1.O=C(Nc1ccccc1)Nc1ccnc(Cl)c1. The number of carbonyl (C=O) groups excluding carboxylic acids is 1. The van der Waals surface area contributed by atoms with E-state index in [9.17, 15) is 23.1 Å². The molecule has 1 unspecified atom stereocenters. The molecule has 1 atom stereocenters. The first-order valence-electron chi connectivity index (χ1n) is 11.6. The van der Waals surface area contributed by atoms with Gasteiger partial charge in [0.25, 0.3) is 0 Å². The van der Waals surface area contributed by atoms with Crippen molar-refractivity contribution in [2.24, 2.45) is 5.92 Å². The average Bonchev–Trinajstić information content (AvgIpc) is 2.89. The van der Waals surface area contributed by atoms with Crippen LogP contribution in [0.25, 0.3) is 0 Å². The van der Waals surface area contributed by atoms with Gasteiger partial charge in [-0.2, -0.15) is 0 Å². The lowest BCUT2D eigenvalue weighted by molar-refractivity contribution is -0.274. The molecule has 0 aliphatic rings. The zero-order chi connectivity index (χ0) is 28.5. The number of hydrogen-bond acceptors (Lipinski definition) is 6. The number of halogens is 4. The highest BCUT2D eigenvalue weighted by molar-refractivity contribution is 6.29. The van der Waals surface area contributed by atoms with Crippen LogP contribution >= 0.6 is 11.6 Å². The molecule has 2 aromatic carbocycles. The second-order valence-electron chi connectivity index (χ2n) is 8.43. The molecule has 2 aromatic heterocycles. The Bertz CT molecular complexity index is 1340. The van der Waals surface area contributed by atoms with Gasteiger partial charge in [0.1, 0.15) is 22.8 Å². The Morgan fingerprint density at radius 2 is 1.54 bits per heavy atom. The zero-order valence-electron chi connectivity index (χ0n) is 20.9. The van der Waals surface area contributed by atoms with Crippen LogP contribution in [0.15, 0.2) is 91.6 Å². The molecule has 3 N–H and O–H groups in total.